The second-order valence-electron chi connectivity index (χ2n) is 3.28. The minimum atomic E-state index is -0.536. The molecule has 0 radical (unpaired) electrons. The SMILES string of the molecule is COc1c[nH]c(=O)[nH]c1=O.COc1c[nH]c(=O)[nH]c1=O. The highest BCUT2D eigenvalue weighted by Crippen LogP contribution is 1.91. The Bertz CT molecular complexity index is 716. The van der Waals surface area contributed by atoms with Crippen LogP contribution in [0, 0.1) is 0 Å². The molecular weight excluding hydrogens is 272 g/mol. The van der Waals surface area contributed by atoms with Crippen LogP contribution >= 0.6 is 0 Å². The highest BCUT2D eigenvalue weighted by molar-refractivity contribution is 5.10. The van der Waals surface area contributed by atoms with E-state index in [0.717, 1.165) is 0 Å². The van der Waals surface area contributed by atoms with Gasteiger partial charge in [0.05, 0.1) is 26.6 Å². The van der Waals surface area contributed by atoms with Gasteiger partial charge in [-0.15, -0.1) is 0 Å². The minimum Gasteiger partial charge on any atom is -0.490 e. The summed E-state index contributed by atoms with van der Waals surface area (Å²) < 4.78 is 9.17. The van der Waals surface area contributed by atoms with E-state index in [1.165, 1.54) is 26.6 Å². The number of hydrogen-bond acceptors (Lipinski definition) is 6. The number of nitrogens with one attached hydrogen (secondary N) is 4. The normalized spacial score (nSPS) is 9.30. The van der Waals surface area contributed by atoms with Crippen LogP contribution < -0.4 is 32.0 Å². The Kier molecular flexibility index (Phi) is 5.09. The standard InChI is InChI=1S/2C5H6N2O3/c2*1-10-3-2-6-5(9)7-4(3)8/h2*2H,1H3,(H2,6,7,8,9). The molecule has 10 nitrogen and oxygen atoms in total. The fourth-order valence-corrected chi connectivity index (χ4v) is 1.10. The van der Waals surface area contributed by atoms with Crippen molar-refractivity contribution < 1.29 is 9.47 Å². The van der Waals surface area contributed by atoms with E-state index in [1.54, 1.807) is 0 Å². The molecule has 0 bridgehead atoms. The van der Waals surface area contributed by atoms with Gasteiger partial charge in [0.15, 0.2) is 0 Å². The second kappa shape index (κ2) is 6.78. The largest absolute Gasteiger partial charge is 0.490 e. The Hall–Kier alpha value is -3.04. The summed E-state index contributed by atoms with van der Waals surface area (Å²) in [5.41, 5.74) is -2.12. The zero-order chi connectivity index (χ0) is 15.1. The van der Waals surface area contributed by atoms with E-state index >= 15 is 0 Å². The Morgan fingerprint density at radius 1 is 0.750 bits per heavy atom. The molecular formula is C10H12N4O6. The number of hydrogen-bond donors (Lipinski definition) is 4. The van der Waals surface area contributed by atoms with Gasteiger partial charge in [0.2, 0.25) is 11.5 Å². The van der Waals surface area contributed by atoms with Gasteiger partial charge >= 0.3 is 11.4 Å². The first kappa shape index (κ1) is 15.0. The fourth-order valence-electron chi connectivity index (χ4n) is 1.10. The van der Waals surface area contributed by atoms with Gasteiger partial charge in [0.25, 0.3) is 11.1 Å². The molecule has 0 atom stereocenters. The smallest absolute Gasteiger partial charge is 0.325 e. The van der Waals surface area contributed by atoms with Gasteiger partial charge in [-0.2, -0.15) is 0 Å². The van der Waals surface area contributed by atoms with Crippen LogP contribution in [0.3, 0.4) is 0 Å². The molecule has 0 aromatic carbocycles. The van der Waals surface area contributed by atoms with E-state index in [-0.39, 0.29) is 11.5 Å². The molecule has 2 aromatic rings. The summed E-state index contributed by atoms with van der Waals surface area (Å²) in [6.45, 7) is 0. The number of aromatic nitrogens is 4. The molecule has 0 amide bonds. The van der Waals surface area contributed by atoms with Gasteiger partial charge in [-0.25, -0.2) is 9.59 Å². The van der Waals surface area contributed by atoms with Crippen molar-refractivity contribution in [1.29, 1.82) is 0 Å². The highest BCUT2D eigenvalue weighted by Gasteiger charge is 1.96. The maximum absolute atomic E-state index is 10.7. The van der Waals surface area contributed by atoms with Crippen LogP contribution in [0.25, 0.3) is 0 Å². The molecule has 2 aromatic heterocycles. The van der Waals surface area contributed by atoms with Crippen LogP contribution in [0.1, 0.15) is 0 Å². The van der Waals surface area contributed by atoms with Crippen molar-refractivity contribution in [1.82, 2.24) is 19.9 Å². The number of ether oxygens (including phenoxy) is 2. The average Bonchev–Trinajstić information content (AvgIpc) is 2.40. The third-order valence-corrected chi connectivity index (χ3v) is 2.01. The van der Waals surface area contributed by atoms with Crippen LogP contribution in [-0.2, 0) is 0 Å². The molecule has 0 unspecified atom stereocenters. The van der Waals surface area contributed by atoms with Crippen LogP contribution in [0.15, 0.2) is 31.6 Å². The summed E-state index contributed by atoms with van der Waals surface area (Å²) in [6, 6.07) is 0. The Balaban J connectivity index is 0.000000200. The maximum Gasteiger partial charge on any atom is 0.325 e. The number of aromatic amines is 4. The monoisotopic (exact) mass is 284 g/mol. The summed E-state index contributed by atoms with van der Waals surface area (Å²) in [6.07, 6.45) is 2.42. The second-order valence-corrected chi connectivity index (χ2v) is 3.28. The lowest BCUT2D eigenvalue weighted by Gasteiger charge is -1.93. The Labute approximate surface area is 110 Å². The van der Waals surface area contributed by atoms with Crippen molar-refractivity contribution in [3.8, 4) is 11.5 Å². The van der Waals surface area contributed by atoms with Crippen molar-refractivity contribution in [2.75, 3.05) is 14.2 Å². The fraction of sp³-hybridized carbons (Fsp3) is 0.200. The van der Waals surface area contributed by atoms with Gasteiger partial charge in [-0.3, -0.25) is 19.6 Å². The van der Waals surface area contributed by atoms with E-state index < -0.39 is 22.5 Å². The molecule has 0 aliphatic carbocycles. The first-order valence-corrected chi connectivity index (χ1v) is 5.20. The van der Waals surface area contributed by atoms with Crippen molar-refractivity contribution >= 4 is 0 Å². The first-order chi connectivity index (χ1) is 9.47. The van der Waals surface area contributed by atoms with Crippen LogP contribution in [-0.4, -0.2) is 34.2 Å². The predicted molar refractivity (Wildman–Crippen MR) is 68.5 cm³/mol. The summed E-state index contributed by atoms with van der Waals surface area (Å²) in [4.78, 5) is 50.6. The van der Waals surface area contributed by atoms with Crippen molar-refractivity contribution in [3.05, 3.63) is 54.1 Å². The number of H-pyrrole nitrogens is 4. The minimum absolute atomic E-state index is 0.0969. The van der Waals surface area contributed by atoms with Crippen molar-refractivity contribution in [3.63, 3.8) is 0 Å². The molecule has 4 N–H and O–H groups in total. The van der Waals surface area contributed by atoms with Crippen LogP contribution in [0.4, 0.5) is 0 Å². The predicted octanol–water partition coefficient (Wildman–Crippen LogP) is -1.86. The van der Waals surface area contributed by atoms with E-state index in [4.69, 9.17) is 0 Å². The molecule has 2 heterocycles. The molecule has 0 saturated carbocycles. The van der Waals surface area contributed by atoms with E-state index in [9.17, 15) is 19.2 Å². The number of rotatable bonds is 2. The van der Waals surface area contributed by atoms with Crippen molar-refractivity contribution in [2.24, 2.45) is 0 Å². The van der Waals surface area contributed by atoms with Crippen molar-refractivity contribution in [2.45, 2.75) is 0 Å². The first-order valence-electron chi connectivity index (χ1n) is 5.20. The summed E-state index contributed by atoms with van der Waals surface area (Å²) in [7, 11) is 2.70. The quantitative estimate of drug-likeness (QED) is 0.508. The zero-order valence-electron chi connectivity index (χ0n) is 10.6. The summed E-state index contributed by atoms with van der Waals surface area (Å²) in [5.74, 6) is 0.194. The lowest BCUT2D eigenvalue weighted by molar-refractivity contribution is 0.405. The molecule has 10 heteroatoms. The molecule has 20 heavy (non-hydrogen) atoms. The molecule has 0 fully saturated rings. The van der Waals surface area contributed by atoms with Gasteiger partial charge < -0.3 is 19.4 Å². The van der Waals surface area contributed by atoms with Crippen LogP contribution in [0.5, 0.6) is 11.5 Å². The van der Waals surface area contributed by atoms with E-state index in [1.807, 2.05) is 9.97 Å². The maximum atomic E-state index is 10.7. The molecule has 0 aliphatic heterocycles. The van der Waals surface area contributed by atoms with E-state index in [2.05, 4.69) is 19.4 Å². The number of methoxy groups -OCH3 is 2. The lowest BCUT2D eigenvalue weighted by Crippen LogP contribution is -2.21. The van der Waals surface area contributed by atoms with Gasteiger partial charge in [-0.1, -0.05) is 0 Å². The topological polar surface area (TPSA) is 150 Å². The van der Waals surface area contributed by atoms with E-state index in [0.29, 0.717) is 0 Å². The average molecular weight is 284 g/mol. The van der Waals surface area contributed by atoms with Gasteiger partial charge in [-0.05, 0) is 0 Å². The molecule has 108 valence electrons. The lowest BCUT2D eigenvalue weighted by atomic mass is 10.6. The molecule has 0 spiro atoms. The third kappa shape index (κ3) is 4.01. The Morgan fingerprint density at radius 2 is 1.10 bits per heavy atom. The van der Waals surface area contributed by atoms with Crippen LogP contribution in [0.2, 0.25) is 0 Å². The molecule has 0 aliphatic rings. The Morgan fingerprint density at radius 3 is 1.35 bits per heavy atom. The van der Waals surface area contributed by atoms with Gasteiger partial charge in [0, 0.05) is 0 Å². The molecule has 0 saturated heterocycles. The zero-order valence-corrected chi connectivity index (χ0v) is 10.6. The molecule has 2 rings (SSSR count). The summed E-state index contributed by atoms with van der Waals surface area (Å²) >= 11 is 0. The van der Waals surface area contributed by atoms with Gasteiger partial charge in [0.1, 0.15) is 0 Å². The highest BCUT2D eigenvalue weighted by atomic mass is 16.5. The summed E-state index contributed by atoms with van der Waals surface area (Å²) in [5, 5.41) is 0. The third-order valence-electron chi connectivity index (χ3n) is 2.01.